The molecule has 0 aromatic heterocycles. The third-order valence-electron chi connectivity index (χ3n) is 3.82. The Morgan fingerprint density at radius 3 is 2.44 bits per heavy atom. The van der Waals surface area contributed by atoms with E-state index in [1.807, 2.05) is 48.5 Å². The van der Waals surface area contributed by atoms with Crippen LogP contribution in [0.3, 0.4) is 0 Å². The largest absolute Gasteiger partial charge is 0.489 e. The fourth-order valence-electron chi connectivity index (χ4n) is 2.48. The quantitative estimate of drug-likeness (QED) is 0.617. The lowest BCUT2D eigenvalue weighted by molar-refractivity contribution is 0.305. The number of ether oxygens (including phenoxy) is 1. The molecule has 0 spiro atoms. The minimum atomic E-state index is -0.240. The van der Waals surface area contributed by atoms with Crippen molar-refractivity contribution in [1.29, 1.82) is 0 Å². The maximum Gasteiger partial charge on any atom is 0.123 e. The summed E-state index contributed by atoms with van der Waals surface area (Å²) in [6.45, 7) is 1.84. The summed E-state index contributed by atoms with van der Waals surface area (Å²) in [5.74, 6) is 0.553. The molecule has 3 rings (SSSR count). The Kier molecular flexibility index (Phi) is 6.04. The lowest BCUT2D eigenvalue weighted by Crippen LogP contribution is -2.13. The predicted octanol–water partition coefficient (Wildman–Crippen LogP) is 5.35. The molecule has 4 heteroatoms. The van der Waals surface area contributed by atoms with Gasteiger partial charge in [-0.05, 0) is 47.0 Å². The molecule has 0 aliphatic rings. The molecule has 0 fully saturated rings. The smallest absolute Gasteiger partial charge is 0.123 e. The van der Waals surface area contributed by atoms with Crippen molar-refractivity contribution in [3.05, 3.63) is 100 Å². The van der Waals surface area contributed by atoms with Crippen LogP contribution in [0.4, 0.5) is 4.39 Å². The van der Waals surface area contributed by atoms with Crippen LogP contribution in [-0.4, -0.2) is 0 Å². The standard InChI is InChI=1S/C21H19ClFNO/c22-21-7-2-1-5-18(21)14-24-13-17-4-3-6-20(12-17)25-15-16-8-10-19(23)11-9-16/h1-12,24H,13-15H2. The van der Waals surface area contributed by atoms with Crippen molar-refractivity contribution in [3.63, 3.8) is 0 Å². The Balaban J connectivity index is 1.52. The SMILES string of the molecule is Fc1ccc(COc2cccc(CNCc3ccccc3Cl)c2)cc1. The fourth-order valence-corrected chi connectivity index (χ4v) is 2.68. The molecule has 0 heterocycles. The zero-order valence-corrected chi connectivity index (χ0v) is 14.5. The fraction of sp³-hybridized carbons (Fsp3) is 0.143. The van der Waals surface area contributed by atoms with E-state index < -0.39 is 0 Å². The van der Waals surface area contributed by atoms with Gasteiger partial charge in [0, 0.05) is 18.1 Å². The van der Waals surface area contributed by atoms with E-state index in [9.17, 15) is 4.39 Å². The topological polar surface area (TPSA) is 21.3 Å². The van der Waals surface area contributed by atoms with Gasteiger partial charge in [-0.25, -0.2) is 4.39 Å². The third-order valence-corrected chi connectivity index (χ3v) is 4.19. The highest BCUT2D eigenvalue weighted by atomic mass is 35.5. The van der Waals surface area contributed by atoms with Crippen LogP contribution in [-0.2, 0) is 19.7 Å². The zero-order chi connectivity index (χ0) is 17.5. The Morgan fingerprint density at radius 2 is 1.64 bits per heavy atom. The van der Waals surface area contributed by atoms with E-state index in [0.717, 1.165) is 34.0 Å². The number of hydrogen-bond donors (Lipinski definition) is 1. The van der Waals surface area contributed by atoms with E-state index in [1.165, 1.54) is 12.1 Å². The Morgan fingerprint density at radius 1 is 0.840 bits per heavy atom. The summed E-state index contributed by atoms with van der Waals surface area (Å²) < 4.78 is 18.7. The molecule has 0 unspecified atom stereocenters. The van der Waals surface area contributed by atoms with Crippen molar-refractivity contribution in [2.45, 2.75) is 19.7 Å². The Hall–Kier alpha value is -2.36. The molecule has 3 aromatic rings. The number of nitrogens with one attached hydrogen (secondary N) is 1. The molecule has 0 amide bonds. The number of rotatable bonds is 7. The van der Waals surface area contributed by atoms with Gasteiger partial charge < -0.3 is 10.1 Å². The maximum atomic E-state index is 12.9. The van der Waals surface area contributed by atoms with Crippen molar-refractivity contribution >= 4 is 11.6 Å². The van der Waals surface area contributed by atoms with Gasteiger partial charge in [0.1, 0.15) is 18.2 Å². The molecule has 2 nitrogen and oxygen atoms in total. The molecule has 128 valence electrons. The first-order chi connectivity index (χ1) is 12.2. The first-order valence-electron chi connectivity index (χ1n) is 8.11. The van der Waals surface area contributed by atoms with Crippen molar-refractivity contribution in [2.24, 2.45) is 0 Å². The minimum Gasteiger partial charge on any atom is -0.489 e. The molecular formula is C21H19ClFNO. The second kappa shape index (κ2) is 8.65. The monoisotopic (exact) mass is 355 g/mol. The summed E-state index contributed by atoms with van der Waals surface area (Å²) >= 11 is 6.16. The molecule has 0 bridgehead atoms. The molecule has 0 radical (unpaired) electrons. The van der Waals surface area contributed by atoms with Crippen LogP contribution >= 0.6 is 11.6 Å². The summed E-state index contributed by atoms with van der Waals surface area (Å²) in [5.41, 5.74) is 3.14. The molecular weight excluding hydrogens is 337 g/mol. The zero-order valence-electron chi connectivity index (χ0n) is 13.7. The molecule has 0 saturated heterocycles. The molecule has 0 saturated carbocycles. The van der Waals surface area contributed by atoms with E-state index in [4.69, 9.17) is 16.3 Å². The lowest BCUT2D eigenvalue weighted by Gasteiger charge is -2.10. The predicted molar refractivity (Wildman–Crippen MR) is 99.2 cm³/mol. The van der Waals surface area contributed by atoms with Crippen molar-refractivity contribution in [3.8, 4) is 5.75 Å². The first kappa shape index (κ1) is 17.5. The van der Waals surface area contributed by atoms with Gasteiger partial charge in [0.25, 0.3) is 0 Å². The minimum absolute atomic E-state index is 0.240. The second-order valence-electron chi connectivity index (χ2n) is 5.76. The lowest BCUT2D eigenvalue weighted by atomic mass is 10.2. The van der Waals surface area contributed by atoms with Gasteiger partial charge in [0.2, 0.25) is 0 Å². The van der Waals surface area contributed by atoms with E-state index in [-0.39, 0.29) is 5.82 Å². The highest BCUT2D eigenvalue weighted by molar-refractivity contribution is 6.31. The first-order valence-corrected chi connectivity index (χ1v) is 8.49. The van der Waals surface area contributed by atoms with Crippen LogP contribution in [0, 0.1) is 5.82 Å². The molecule has 3 aromatic carbocycles. The van der Waals surface area contributed by atoms with Crippen LogP contribution in [0.2, 0.25) is 5.02 Å². The van der Waals surface area contributed by atoms with E-state index in [1.54, 1.807) is 12.1 Å². The van der Waals surface area contributed by atoms with Gasteiger partial charge >= 0.3 is 0 Å². The van der Waals surface area contributed by atoms with Crippen LogP contribution in [0.25, 0.3) is 0 Å². The summed E-state index contributed by atoms with van der Waals surface area (Å²) in [5, 5.41) is 4.15. The van der Waals surface area contributed by atoms with E-state index in [2.05, 4.69) is 5.32 Å². The molecule has 0 aliphatic carbocycles. The van der Waals surface area contributed by atoms with Crippen molar-refractivity contribution in [2.75, 3.05) is 0 Å². The molecule has 1 N–H and O–H groups in total. The van der Waals surface area contributed by atoms with Crippen LogP contribution in [0.1, 0.15) is 16.7 Å². The van der Waals surface area contributed by atoms with Crippen molar-refractivity contribution in [1.82, 2.24) is 5.32 Å². The third kappa shape index (κ3) is 5.31. The van der Waals surface area contributed by atoms with Gasteiger partial charge in [-0.1, -0.05) is 54.1 Å². The number of benzene rings is 3. The summed E-state index contributed by atoms with van der Waals surface area (Å²) in [6, 6.07) is 22.1. The maximum absolute atomic E-state index is 12.9. The molecule has 25 heavy (non-hydrogen) atoms. The average molecular weight is 356 g/mol. The van der Waals surface area contributed by atoms with Gasteiger partial charge in [-0.2, -0.15) is 0 Å². The normalized spacial score (nSPS) is 10.6. The Labute approximate surface area is 152 Å². The van der Waals surface area contributed by atoms with Crippen molar-refractivity contribution < 1.29 is 9.13 Å². The van der Waals surface area contributed by atoms with E-state index in [0.29, 0.717) is 13.2 Å². The second-order valence-corrected chi connectivity index (χ2v) is 6.16. The number of halogens is 2. The molecule has 0 aliphatic heterocycles. The summed E-state index contributed by atoms with van der Waals surface area (Å²) in [7, 11) is 0. The van der Waals surface area contributed by atoms with Gasteiger partial charge in [0.15, 0.2) is 0 Å². The van der Waals surface area contributed by atoms with E-state index >= 15 is 0 Å². The molecule has 0 atom stereocenters. The van der Waals surface area contributed by atoms with Gasteiger partial charge in [-0.3, -0.25) is 0 Å². The van der Waals surface area contributed by atoms with Crippen LogP contribution < -0.4 is 10.1 Å². The number of hydrogen-bond acceptors (Lipinski definition) is 2. The average Bonchev–Trinajstić information content (AvgIpc) is 2.63. The van der Waals surface area contributed by atoms with Crippen LogP contribution in [0.5, 0.6) is 5.75 Å². The van der Waals surface area contributed by atoms with Gasteiger partial charge in [0.05, 0.1) is 0 Å². The van der Waals surface area contributed by atoms with Crippen LogP contribution in [0.15, 0.2) is 72.8 Å². The summed E-state index contributed by atoms with van der Waals surface area (Å²) in [4.78, 5) is 0. The highest BCUT2D eigenvalue weighted by Gasteiger charge is 2.01. The van der Waals surface area contributed by atoms with Gasteiger partial charge in [-0.15, -0.1) is 0 Å². The Bertz CT molecular complexity index is 820. The highest BCUT2D eigenvalue weighted by Crippen LogP contribution is 2.17. The summed E-state index contributed by atoms with van der Waals surface area (Å²) in [6.07, 6.45) is 0.